The van der Waals surface area contributed by atoms with Crippen molar-refractivity contribution in [2.24, 2.45) is 0 Å². The predicted octanol–water partition coefficient (Wildman–Crippen LogP) is 2.21. The average Bonchev–Trinajstić information content (AvgIpc) is 2.30. The second-order valence-electron chi connectivity index (χ2n) is 2.89. The van der Waals surface area contributed by atoms with Gasteiger partial charge in [0.1, 0.15) is 0 Å². The Labute approximate surface area is 82.2 Å². The molecular weight excluding hydrogens is 174 g/mol. The Bertz CT molecular complexity index is 437. The quantitative estimate of drug-likeness (QED) is 0.712. The van der Waals surface area contributed by atoms with E-state index in [0.717, 1.165) is 11.1 Å². The Morgan fingerprint density at radius 1 is 1.07 bits per heavy atom. The van der Waals surface area contributed by atoms with E-state index in [9.17, 15) is 4.79 Å². The molecule has 2 rings (SSSR count). The number of aromatic nitrogens is 1. The lowest BCUT2D eigenvalue weighted by atomic mass is 10.0. The van der Waals surface area contributed by atoms with Crippen molar-refractivity contribution < 1.29 is 4.79 Å². The van der Waals surface area contributed by atoms with Crippen LogP contribution in [0.2, 0.25) is 0 Å². The minimum Gasteiger partial charge on any atom is -0.285 e. The number of rotatable bonds is 2. The van der Waals surface area contributed by atoms with E-state index in [0.29, 0.717) is 5.56 Å². The molecule has 0 fully saturated rings. The molecule has 1 radical (unpaired) electrons. The molecule has 0 saturated carbocycles. The summed E-state index contributed by atoms with van der Waals surface area (Å²) in [6.45, 7) is 0. The Kier molecular flexibility index (Phi) is 2.36. The third-order valence-electron chi connectivity index (χ3n) is 2.01. The monoisotopic (exact) mass is 182 g/mol. The van der Waals surface area contributed by atoms with Gasteiger partial charge in [0.15, 0.2) is 0 Å². The topological polar surface area (TPSA) is 30.0 Å². The van der Waals surface area contributed by atoms with Crippen LogP contribution in [0.25, 0.3) is 11.1 Å². The summed E-state index contributed by atoms with van der Waals surface area (Å²) in [5.74, 6) is 0. The second kappa shape index (κ2) is 3.83. The molecule has 0 unspecified atom stereocenters. The fraction of sp³-hybridized carbons (Fsp3) is 0. The molecule has 0 spiro atoms. The minimum absolute atomic E-state index is 0.570. The van der Waals surface area contributed by atoms with Gasteiger partial charge in [-0.1, -0.05) is 30.3 Å². The summed E-state index contributed by atoms with van der Waals surface area (Å²) in [6, 6.07) is 11.1. The molecule has 1 aromatic carbocycles. The van der Waals surface area contributed by atoms with E-state index in [1.807, 2.05) is 36.6 Å². The van der Waals surface area contributed by atoms with Crippen LogP contribution in [0, 0.1) is 0 Å². The van der Waals surface area contributed by atoms with Crippen molar-refractivity contribution in [2.75, 3.05) is 0 Å². The van der Waals surface area contributed by atoms with Gasteiger partial charge in [-0.05, 0) is 11.6 Å². The van der Waals surface area contributed by atoms with Gasteiger partial charge in [-0.2, -0.15) is 0 Å². The van der Waals surface area contributed by atoms with Crippen LogP contribution in [0.4, 0.5) is 0 Å². The summed E-state index contributed by atoms with van der Waals surface area (Å²) in [4.78, 5) is 14.7. The second-order valence-corrected chi connectivity index (χ2v) is 2.89. The molecule has 14 heavy (non-hydrogen) atoms. The van der Waals surface area contributed by atoms with E-state index in [-0.39, 0.29) is 0 Å². The number of hydrogen-bond acceptors (Lipinski definition) is 2. The first kappa shape index (κ1) is 8.63. The Hall–Kier alpha value is -1.96. The molecular formula is C12H8NO. The highest BCUT2D eigenvalue weighted by Gasteiger charge is 2.02. The largest absolute Gasteiger partial charge is 0.285 e. The number of benzene rings is 1. The van der Waals surface area contributed by atoms with Gasteiger partial charge in [0.25, 0.3) is 0 Å². The molecule has 0 bridgehead atoms. The van der Waals surface area contributed by atoms with Gasteiger partial charge in [-0.25, -0.2) is 0 Å². The van der Waals surface area contributed by atoms with E-state index in [2.05, 4.69) is 4.98 Å². The first-order valence-electron chi connectivity index (χ1n) is 4.29. The standard InChI is InChI=1S/C12H8NO/c14-9-11-4-1-2-6-12(11)10-5-3-7-13-8-10/h1-8H. The number of carbonyl (C=O) groups excluding carboxylic acids is 1. The van der Waals surface area contributed by atoms with Crippen molar-refractivity contribution in [2.45, 2.75) is 0 Å². The van der Waals surface area contributed by atoms with Crippen LogP contribution in [-0.4, -0.2) is 11.3 Å². The van der Waals surface area contributed by atoms with Gasteiger partial charge < -0.3 is 0 Å². The lowest BCUT2D eigenvalue weighted by Crippen LogP contribution is -1.87. The zero-order chi connectivity index (χ0) is 9.80. The summed E-state index contributed by atoms with van der Waals surface area (Å²) in [7, 11) is 0. The van der Waals surface area contributed by atoms with Crippen molar-refractivity contribution in [1.82, 2.24) is 4.98 Å². The molecule has 67 valence electrons. The zero-order valence-electron chi connectivity index (χ0n) is 7.47. The van der Waals surface area contributed by atoms with Gasteiger partial charge in [-0.15, -0.1) is 0 Å². The smallest absolute Gasteiger partial charge is 0.234 e. The summed E-state index contributed by atoms with van der Waals surface area (Å²) in [6.07, 6.45) is 5.35. The van der Waals surface area contributed by atoms with Crippen LogP contribution >= 0.6 is 0 Å². The molecule has 0 N–H and O–H groups in total. The highest BCUT2D eigenvalue weighted by atomic mass is 16.1. The summed E-state index contributed by atoms with van der Waals surface area (Å²) in [5, 5.41) is 0. The van der Waals surface area contributed by atoms with Crippen molar-refractivity contribution >= 4 is 6.29 Å². The highest BCUT2D eigenvalue weighted by Crippen LogP contribution is 2.20. The van der Waals surface area contributed by atoms with Crippen LogP contribution in [0.1, 0.15) is 5.56 Å². The molecule has 0 aliphatic rings. The third kappa shape index (κ3) is 1.55. The molecule has 1 aromatic heterocycles. The van der Waals surface area contributed by atoms with E-state index in [4.69, 9.17) is 0 Å². The van der Waals surface area contributed by atoms with E-state index in [1.165, 1.54) is 0 Å². The number of hydrogen-bond donors (Lipinski definition) is 0. The first-order chi connectivity index (χ1) is 6.92. The first-order valence-corrected chi connectivity index (χ1v) is 4.29. The molecule has 2 nitrogen and oxygen atoms in total. The van der Waals surface area contributed by atoms with Crippen LogP contribution in [-0.2, 0) is 4.79 Å². The lowest BCUT2D eigenvalue weighted by molar-refractivity contribution is 0.563. The van der Waals surface area contributed by atoms with E-state index in [1.54, 1.807) is 18.5 Å². The normalized spacial score (nSPS) is 9.71. The predicted molar refractivity (Wildman–Crippen MR) is 54.5 cm³/mol. The van der Waals surface area contributed by atoms with Crippen LogP contribution in [0.5, 0.6) is 0 Å². The molecule has 0 aliphatic heterocycles. The molecule has 2 heteroatoms. The van der Waals surface area contributed by atoms with Gasteiger partial charge in [-0.3, -0.25) is 9.78 Å². The van der Waals surface area contributed by atoms with Crippen LogP contribution in [0.3, 0.4) is 0 Å². The summed E-state index contributed by atoms with van der Waals surface area (Å²) >= 11 is 0. The maximum Gasteiger partial charge on any atom is 0.234 e. The maximum atomic E-state index is 10.7. The van der Waals surface area contributed by atoms with Gasteiger partial charge in [0.2, 0.25) is 6.29 Å². The van der Waals surface area contributed by atoms with Gasteiger partial charge >= 0.3 is 0 Å². The van der Waals surface area contributed by atoms with Gasteiger partial charge in [0, 0.05) is 23.5 Å². The molecule has 0 aliphatic carbocycles. The van der Waals surface area contributed by atoms with Crippen molar-refractivity contribution in [1.29, 1.82) is 0 Å². The molecule has 2 aromatic rings. The molecule has 1 heterocycles. The Morgan fingerprint density at radius 3 is 2.64 bits per heavy atom. The Balaban J connectivity index is 2.57. The third-order valence-corrected chi connectivity index (χ3v) is 2.01. The lowest BCUT2D eigenvalue weighted by Gasteiger charge is -2.02. The summed E-state index contributed by atoms with van der Waals surface area (Å²) in [5.41, 5.74) is 2.38. The van der Waals surface area contributed by atoms with Crippen LogP contribution in [0.15, 0.2) is 48.8 Å². The van der Waals surface area contributed by atoms with Crippen LogP contribution < -0.4 is 0 Å². The summed E-state index contributed by atoms with van der Waals surface area (Å²) < 4.78 is 0. The van der Waals surface area contributed by atoms with Gasteiger partial charge in [0.05, 0.1) is 0 Å². The molecule has 0 saturated heterocycles. The fourth-order valence-electron chi connectivity index (χ4n) is 1.35. The molecule has 0 amide bonds. The Morgan fingerprint density at radius 2 is 1.93 bits per heavy atom. The zero-order valence-corrected chi connectivity index (χ0v) is 7.47. The van der Waals surface area contributed by atoms with Crippen molar-refractivity contribution in [3.63, 3.8) is 0 Å². The number of nitrogens with zero attached hydrogens (tertiary/aromatic N) is 1. The average molecular weight is 182 g/mol. The SMILES string of the molecule is O=[C]c1ccccc1-c1cccnc1. The fourth-order valence-corrected chi connectivity index (χ4v) is 1.35. The molecule has 0 atom stereocenters. The number of pyridine rings is 1. The minimum atomic E-state index is 0.570. The van der Waals surface area contributed by atoms with E-state index >= 15 is 0 Å². The highest BCUT2D eigenvalue weighted by molar-refractivity contribution is 5.87. The maximum absolute atomic E-state index is 10.7. The van der Waals surface area contributed by atoms with E-state index < -0.39 is 0 Å². The van der Waals surface area contributed by atoms with Crippen molar-refractivity contribution in [3.05, 3.63) is 54.4 Å². The van der Waals surface area contributed by atoms with Crippen molar-refractivity contribution in [3.8, 4) is 11.1 Å².